The maximum absolute atomic E-state index is 11.6. The zero-order valence-corrected chi connectivity index (χ0v) is 16.4. The van der Waals surface area contributed by atoms with Gasteiger partial charge in [-0.3, -0.25) is 4.79 Å². The van der Waals surface area contributed by atoms with E-state index in [-0.39, 0.29) is 32.5 Å². The molecule has 0 saturated carbocycles. The van der Waals surface area contributed by atoms with Crippen LogP contribution in [0.25, 0.3) is 0 Å². The second-order valence-corrected chi connectivity index (χ2v) is 6.60. The normalized spacial score (nSPS) is 12.0. The SMILES string of the molecule is COC(=O)CN(CO)c1ccccc1C(O)c1nc(Cl)c(Cl)c(Cl)c1Cl. The molecule has 2 rings (SSSR count). The quantitative estimate of drug-likeness (QED) is 0.405. The predicted molar refractivity (Wildman–Crippen MR) is 101 cm³/mol. The van der Waals surface area contributed by atoms with Crippen molar-refractivity contribution in [3.05, 3.63) is 55.7 Å². The van der Waals surface area contributed by atoms with Crippen molar-refractivity contribution >= 4 is 58.1 Å². The Balaban J connectivity index is 2.51. The maximum atomic E-state index is 11.6. The fraction of sp³-hybridized carbons (Fsp3) is 0.250. The number of anilines is 1. The highest BCUT2D eigenvalue weighted by Gasteiger charge is 2.25. The number of aliphatic hydroxyl groups is 2. The molecule has 0 aliphatic carbocycles. The average molecular weight is 440 g/mol. The molecule has 6 nitrogen and oxygen atoms in total. The molecule has 0 radical (unpaired) electrons. The van der Waals surface area contributed by atoms with E-state index in [1.54, 1.807) is 24.3 Å². The summed E-state index contributed by atoms with van der Waals surface area (Å²) in [4.78, 5) is 16.9. The van der Waals surface area contributed by atoms with Crippen molar-refractivity contribution in [2.75, 3.05) is 25.3 Å². The zero-order valence-electron chi connectivity index (χ0n) is 13.4. The van der Waals surface area contributed by atoms with E-state index in [0.29, 0.717) is 11.3 Å². The number of rotatable bonds is 6. The van der Waals surface area contributed by atoms with Gasteiger partial charge in [0.15, 0.2) is 0 Å². The van der Waals surface area contributed by atoms with Gasteiger partial charge in [0, 0.05) is 11.3 Å². The lowest BCUT2D eigenvalue weighted by Gasteiger charge is -2.25. The van der Waals surface area contributed by atoms with Crippen molar-refractivity contribution in [1.82, 2.24) is 4.98 Å². The average Bonchev–Trinajstić information content (AvgIpc) is 2.66. The molecule has 1 unspecified atom stereocenters. The number of carbonyl (C=O) groups excluding carboxylic acids is 1. The topological polar surface area (TPSA) is 82.9 Å². The summed E-state index contributed by atoms with van der Waals surface area (Å²) < 4.78 is 4.62. The highest BCUT2D eigenvalue weighted by Crippen LogP contribution is 2.41. The van der Waals surface area contributed by atoms with Crippen LogP contribution >= 0.6 is 46.4 Å². The molecule has 0 bridgehead atoms. The van der Waals surface area contributed by atoms with E-state index in [4.69, 9.17) is 46.4 Å². The third-order valence-electron chi connectivity index (χ3n) is 3.56. The molecule has 0 amide bonds. The Bertz CT molecular complexity index is 819. The third kappa shape index (κ3) is 4.34. The van der Waals surface area contributed by atoms with E-state index in [0.717, 1.165) is 0 Å². The van der Waals surface area contributed by atoms with Crippen LogP contribution < -0.4 is 4.90 Å². The summed E-state index contributed by atoms with van der Waals surface area (Å²) in [5, 5.41) is 20.2. The van der Waals surface area contributed by atoms with E-state index in [1.807, 2.05) is 0 Å². The number of nitrogens with zero attached hydrogens (tertiary/aromatic N) is 2. The number of benzene rings is 1. The van der Waals surface area contributed by atoms with Gasteiger partial charge in [-0.2, -0.15) is 0 Å². The molecule has 1 aromatic carbocycles. The Morgan fingerprint density at radius 1 is 1.19 bits per heavy atom. The molecule has 1 heterocycles. The summed E-state index contributed by atoms with van der Waals surface area (Å²) in [5.41, 5.74) is 0.705. The molecule has 1 aromatic heterocycles. The molecule has 10 heteroatoms. The number of aliphatic hydroxyl groups excluding tert-OH is 2. The van der Waals surface area contributed by atoms with Crippen molar-refractivity contribution in [2.45, 2.75) is 6.10 Å². The fourth-order valence-electron chi connectivity index (χ4n) is 2.27. The molecular formula is C16H14Cl4N2O4. The number of esters is 1. The number of carbonyl (C=O) groups is 1. The fourth-order valence-corrected chi connectivity index (χ4v) is 3.12. The summed E-state index contributed by atoms with van der Waals surface area (Å²) >= 11 is 24.0. The first-order chi connectivity index (χ1) is 12.3. The summed E-state index contributed by atoms with van der Waals surface area (Å²) in [6.07, 6.45) is -1.34. The van der Waals surface area contributed by atoms with Gasteiger partial charge in [0.1, 0.15) is 24.5 Å². The highest BCUT2D eigenvalue weighted by atomic mass is 35.5. The number of para-hydroxylation sites is 1. The van der Waals surface area contributed by atoms with Crippen molar-refractivity contribution in [2.24, 2.45) is 0 Å². The van der Waals surface area contributed by atoms with Crippen LogP contribution in [0.4, 0.5) is 5.69 Å². The molecule has 0 aliphatic rings. The third-order valence-corrected chi connectivity index (χ3v) is 5.25. The van der Waals surface area contributed by atoms with Crippen LogP contribution in [-0.2, 0) is 9.53 Å². The van der Waals surface area contributed by atoms with Gasteiger partial charge in [0.2, 0.25) is 0 Å². The Morgan fingerprint density at radius 3 is 2.46 bits per heavy atom. The van der Waals surface area contributed by atoms with Crippen LogP contribution in [0.5, 0.6) is 0 Å². The summed E-state index contributed by atoms with van der Waals surface area (Å²) in [7, 11) is 1.24. The summed E-state index contributed by atoms with van der Waals surface area (Å²) in [5.74, 6) is -0.558. The molecule has 26 heavy (non-hydrogen) atoms. The highest BCUT2D eigenvalue weighted by molar-refractivity contribution is 6.51. The van der Waals surface area contributed by atoms with Crippen molar-refractivity contribution < 1.29 is 19.7 Å². The zero-order chi connectivity index (χ0) is 19.4. The lowest BCUT2D eigenvalue weighted by molar-refractivity contribution is -0.139. The Hall–Kier alpha value is -1.28. The number of hydrogen-bond acceptors (Lipinski definition) is 6. The van der Waals surface area contributed by atoms with Gasteiger partial charge in [0.25, 0.3) is 0 Å². The molecule has 2 N–H and O–H groups in total. The standard InChI is InChI=1S/C16H14Cl4N2O4/c1-26-10(24)6-22(7-23)9-5-3-2-4-8(9)15(25)14-12(18)11(17)13(19)16(20)21-14/h2-5,15,23,25H,6-7H2,1H3. The molecule has 2 aromatic rings. The van der Waals surface area contributed by atoms with E-state index < -0.39 is 18.8 Å². The number of aromatic nitrogens is 1. The van der Waals surface area contributed by atoms with E-state index in [9.17, 15) is 15.0 Å². The summed E-state index contributed by atoms with van der Waals surface area (Å²) in [6, 6.07) is 6.56. The van der Waals surface area contributed by atoms with Gasteiger partial charge in [-0.15, -0.1) is 0 Å². The maximum Gasteiger partial charge on any atom is 0.325 e. The summed E-state index contributed by atoms with van der Waals surface area (Å²) in [6.45, 7) is -0.706. The molecule has 1 atom stereocenters. The van der Waals surface area contributed by atoms with Gasteiger partial charge >= 0.3 is 5.97 Å². The van der Waals surface area contributed by atoms with Gasteiger partial charge in [-0.05, 0) is 6.07 Å². The van der Waals surface area contributed by atoms with Crippen molar-refractivity contribution in [1.29, 1.82) is 0 Å². The lowest BCUT2D eigenvalue weighted by Crippen LogP contribution is -2.32. The van der Waals surface area contributed by atoms with Crippen molar-refractivity contribution in [3.8, 4) is 0 Å². The Labute approximate surface area is 169 Å². The molecule has 0 spiro atoms. The minimum atomic E-state index is -1.34. The first-order valence-corrected chi connectivity index (χ1v) is 8.72. The van der Waals surface area contributed by atoms with Gasteiger partial charge in [0.05, 0.1) is 27.9 Å². The second-order valence-electron chi connectivity index (χ2n) is 5.11. The Morgan fingerprint density at radius 2 is 1.85 bits per heavy atom. The first kappa shape index (κ1) is 21.0. The number of pyridine rings is 1. The first-order valence-electron chi connectivity index (χ1n) is 7.21. The molecule has 0 saturated heterocycles. The predicted octanol–water partition coefficient (Wildman–Crippen LogP) is 3.71. The minimum Gasteiger partial charge on any atom is -0.468 e. The van der Waals surface area contributed by atoms with Crippen LogP contribution in [0.15, 0.2) is 24.3 Å². The van der Waals surface area contributed by atoms with Gasteiger partial charge in [-0.25, -0.2) is 4.98 Å². The molecule has 0 fully saturated rings. The smallest absolute Gasteiger partial charge is 0.325 e. The molecule has 140 valence electrons. The van der Waals surface area contributed by atoms with Gasteiger partial charge < -0.3 is 19.8 Å². The number of methoxy groups -OCH3 is 1. The number of halogens is 4. The lowest BCUT2D eigenvalue weighted by atomic mass is 10.0. The number of hydrogen-bond donors (Lipinski definition) is 2. The monoisotopic (exact) mass is 438 g/mol. The second kappa shape index (κ2) is 9.08. The van der Waals surface area contributed by atoms with Crippen LogP contribution in [0, 0.1) is 0 Å². The van der Waals surface area contributed by atoms with E-state index in [2.05, 4.69) is 9.72 Å². The van der Waals surface area contributed by atoms with Crippen LogP contribution in [0.3, 0.4) is 0 Å². The number of ether oxygens (including phenoxy) is 1. The van der Waals surface area contributed by atoms with Crippen LogP contribution in [-0.4, -0.2) is 41.6 Å². The van der Waals surface area contributed by atoms with Crippen molar-refractivity contribution in [3.63, 3.8) is 0 Å². The Kier molecular flexibility index (Phi) is 7.34. The van der Waals surface area contributed by atoms with E-state index >= 15 is 0 Å². The van der Waals surface area contributed by atoms with Crippen LogP contribution in [0.1, 0.15) is 17.4 Å². The van der Waals surface area contributed by atoms with E-state index in [1.165, 1.54) is 12.0 Å². The molecule has 0 aliphatic heterocycles. The largest absolute Gasteiger partial charge is 0.468 e. The van der Waals surface area contributed by atoms with Crippen LogP contribution in [0.2, 0.25) is 20.2 Å². The van der Waals surface area contributed by atoms with Gasteiger partial charge in [-0.1, -0.05) is 64.6 Å². The minimum absolute atomic E-state index is 0.00512. The molecular weight excluding hydrogens is 426 g/mol.